The lowest BCUT2D eigenvalue weighted by molar-refractivity contribution is -0.383. The molecule has 0 aliphatic rings. The van der Waals surface area contributed by atoms with E-state index in [1.54, 1.807) is 30.3 Å². The van der Waals surface area contributed by atoms with E-state index >= 15 is 0 Å². The van der Waals surface area contributed by atoms with E-state index in [2.05, 4.69) is 5.32 Å². The summed E-state index contributed by atoms with van der Waals surface area (Å²) >= 11 is 0. The van der Waals surface area contributed by atoms with Crippen molar-refractivity contribution in [2.45, 2.75) is 0 Å². The summed E-state index contributed by atoms with van der Waals surface area (Å²) in [6.45, 7) is -0.574. The average Bonchev–Trinajstić information content (AvgIpc) is 2.79. The van der Waals surface area contributed by atoms with Gasteiger partial charge in [-0.05, 0) is 36.4 Å². The third-order valence-corrected chi connectivity index (χ3v) is 4.53. The number of anilines is 3. The first-order chi connectivity index (χ1) is 15.7. The Bertz CT molecular complexity index is 1220. The highest BCUT2D eigenvalue weighted by Gasteiger charge is 2.22. The van der Waals surface area contributed by atoms with Crippen LogP contribution < -0.4 is 10.6 Å². The molecule has 0 radical (unpaired) electrons. The fourth-order valence-corrected chi connectivity index (χ4v) is 2.92. The molecule has 0 aliphatic heterocycles. The number of nitrogens with zero attached hydrogens (tertiary/aromatic N) is 2. The van der Waals surface area contributed by atoms with Gasteiger partial charge in [-0.15, -0.1) is 0 Å². The zero-order valence-corrected chi connectivity index (χ0v) is 17.1. The van der Waals surface area contributed by atoms with Crippen LogP contribution in [0.25, 0.3) is 0 Å². The number of carbonyl (C=O) groups excluding carboxylic acids is 2. The van der Waals surface area contributed by atoms with E-state index in [1.807, 2.05) is 5.32 Å². The second-order valence-corrected chi connectivity index (χ2v) is 6.91. The molecule has 8 nitrogen and oxygen atoms in total. The molecule has 0 aromatic heterocycles. The highest BCUT2D eigenvalue weighted by atomic mass is 19.2. The largest absolute Gasteiger partial charge is 0.350 e. The van der Waals surface area contributed by atoms with Crippen molar-refractivity contribution in [2.24, 2.45) is 0 Å². The third kappa shape index (κ3) is 5.45. The summed E-state index contributed by atoms with van der Waals surface area (Å²) < 4.78 is 40.0. The van der Waals surface area contributed by atoms with E-state index in [0.29, 0.717) is 11.8 Å². The molecule has 3 aromatic rings. The minimum atomic E-state index is -1.74. The topological polar surface area (TPSA) is 105 Å². The predicted octanol–water partition coefficient (Wildman–Crippen LogP) is 4.47. The smallest absolute Gasteiger partial charge is 0.293 e. The Balaban J connectivity index is 1.73. The summed E-state index contributed by atoms with van der Waals surface area (Å²) in [6, 6.07) is 14.0. The van der Waals surface area contributed by atoms with Gasteiger partial charge in [0.25, 0.3) is 11.6 Å². The van der Waals surface area contributed by atoms with Crippen molar-refractivity contribution in [3.8, 4) is 0 Å². The van der Waals surface area contributed by atoms with Crippen molar-refractivity contribution in [3.63, 3.8) is 0 Å². The van der Waals surface area contributed by atoms with Crippen molar-refractivity contribution in [2.75, 3.05) is 24.2 Å². The van der Waals surface area contributed by atoms with Crippen LogP contribution in [0.1, 0.15) is 10.4 Å². The third-order valence-electron chi connectivity index (χ3n) is 4.53. The molecule has 0 fully saturated rings. The number of nitrogens with one attached hydrogen (secondary N) is 2. The van der Waals surface area contributed by atoms with E-state index in [-0.39, 0.29) is 16.9 Å². The van der Waals surface area contributed by atoms with E-state index in [4.69, 9.17) is 0 Å². The van der Waals surface area contributed by atoms with Crippen LogP contribution in [0.2, 0.25) is 0 Å². The number of nitro benzene ring substituents is 1. The Labute approximate surface area is 185 Å². The van der Waals surface area contributed by atoms with Gasteiger partial charge in [0.05, 0.1) is 17.2 Å². The SMILES string of the molecule is CN(CC(=O)Nc1ccc(F)c(F)c1F)C(=O)c1ccc(Nc2ccccc2)c([N+](=O)[O-])c1. The second-order valence-electron chi connectivity index (χ2n) is 6.91. The summed E-state index contributed by atoms with van der Waals surface area (Å²) in [5.41, 5.74) is -0.234. The van der Waals surface area contributed by atoms with Crippen LogP contribution in [0.5, 0.6) is 0 Å². The van der Waals surface area contributed by atoms with Gasteiger partial charge in [-0.3, -0.25) is 19.7 Å². The predicted molar refractivity (Wildman–Crippen MR) is 115 cm³/mol. The average molecular weight is 458 g/mol. The first-order valence-corrected chi connectivity index (χ1v) is 9.46. The van der Waals surface area contributed by atoms with Crippen LogP contribution in [-0.4, -0.2) is 35.2 Å². The maximum atomic E-state index is 13.7. The molecule has 0 saturated heterocycles. The summed E-state index contributed by atoms with van der Waals surface area (Å²) in [4.78, 5) is 36.6. The lowest BCUT2D eigenvalue weighted by atomic mass is 10.1. The molecule has 33 heavy (non-hydrogen) atoms. The molecule has 0 saturated carbocycles. The number of likely N-dealkylation sites (N-methyl/N-ethyl adjacent to an activating group) is 1. The van der Waals surface area contributed by atoms with Crippen LogP contribution in [0.4, 0.5) is 35.9 Å². The Kier molecular flexibility index (Phi) is 6.91. The van der Waals surface area contributed by atoms with Gasteiger partial charge in [-0.2, -0.15) is 0 Å². The summed E-state index contributed by atoms with van der Waals surface area (Å²) in [5, 5.41) is 16.5. The number of rotatable bonds is 7. The van der Waals surface area contributed by atoms with Crippen molar-refractivity contribution >= 4 is 34.6 Å². The van der Waals surface area contributed by atoms with E-state index in [1.165, 1.54) is 19.2 Å². The maximum Gasteiger partial charge on any atom is 0.293 e. The summed E-state index contributed by atoms with van der Waals surface area (Å²) in [7, 11) is 1.26. The highest BCUT2D eigenvalue weighted by Crippen LogP contribution is 2.29. The normalized spacial score (nSPS) is 10.4. The van der Waals surface area contributed by atoms with Crippen LogP contribution in [0.15, 0.2) is 60.7 Å². The first-order valence-electron chi connectivity index (χ1n) is 9.46. The molecule has 0 unspecified atom stereocenters. The molecule has 170 valence electrons. The van der Waals surface area contributed by atoms with Crippen molar-refractivity contribution in [1.82, 2.24) is 4.90 Å². The van der Waals surface area contributed by atoms with Crippen LogP contribution >= 0.6 is 0 Å². The molecule has 2 N–H and O–H groups in total. The van der Waals surface area contributed by atoms with E-state index in [0.717, 1.165) is 17.0 Å². The quantitative estimate of drug-likeness (QED) is 0.309. The number of hydrogen-bond donors (Lipinski definition) is 2. The van der Waals surface area contributed by atoms with Crippen LogP contribution in [0, 0.1) is 27.6 Å². The number of hydrogen-bond acceptors (Lipinski definition) is 5. The van der Waals surface area contributed by atoms with E-state index < -0.39 is 46.4 Å². The fraction of sp³-hybridized carbons (Fsp3) is 0.0909. The van der Waals surface area contributed by atoms with Gasteiger partial charge in [0.2, 0.25) is 5.91 Å². The first kappa shape index (κ1) is 23.3. The van der Waals surface area contributed by atoms with Gasteiger partial charge in [-0.1, -0.05) is 18.2 Å². The fourth-order valence-electron chi connectivity index (χ4n) is 2.92. The zero-order chi connectivity index (χ0) is 24.1. The number of para-hydroxylation sites is 1. The minimum absolute atomic E-state index is 0.0605. The van der Waals surface area contributed by atoms with Crippen molar-refractivity contribution in [1.29, 1.82) is 0 Å². The maximum absolute atomic E-state index is 13.7. The molecule has 2 amide bonds. The number of benzene rings is 3. The van der Waals surface area contributed by atoms with Gasteiger partial charge in [0.1, 0.15) is 5.69 Å². The summed E-state index contributed by atoms with van der Waals surface area (Å²) in [5.74, 6) is -6.33. The lowest BCUT2D eigenvalue weighted by Gasteiger charge is -2.17. The summed E-state index contributed by atoms with van der Waals surface area (Å²) in [6.07, 6.45) is 0. The highest BCUT2D eigenvalue weighted by molar-refractivity contribution is 6.00. The zero-order valence-electron chi connectivity index (χ0n) is 17.1. The number of carbonyl (C=O) groups is 2. The number of nitro groups is 1. The number of amides is 2. The van der Waals surface area contributed by atoms with Crippen LogP contribution in [0.3, 0.4) is 0 Å². The molecule has 0 heterocycles. The standard InChI is InChI=1S/C22H17F3N4O4/c1-28(12-19(30)27-17-10-8-15(23)20(24)21(17)25)22(31)13-7-9-16(18(11-13)29(32)33)26-14-5-3-2-4-6-14/h2-11,26H,12H2,1H3,(H,27,30). The monoisotopic (exact) mass is 458 g/mol. The van der Waals surface area contributed by atoms with Gasteiger partial charge >= 0.3 is 0 Å². The van der Waals surface area contributed by atoms with Crippen molar-refractivity contribution in [3.05, 3.63) is 93.8 Å². The van der Waals surface area contributed by atoms with Crippen molar-refractivity contribution < 1.29 is 27.7 Å². The molecule has 0 aliphatic carbocycles. The van der Waals surface area contributed by atoms with E-state index in [9.17, 15) is 32.9 Å². The minimum Gasteiger partial charge on any atom is -0.350 e. The molecule has 3 aromatic carbocycles. The Morgan fingerprint density at radius 1 is 0.970 bits per heavy atom. The Morgan fingerprint density at radius 3 is 2.30 bits per heavy atom. The number of halogens is 3. The van der Waals surface area contributed by atoms with Gasteiger partial charge < -0.3 is 15.5 Å². The lowest BCUT2D eigenvalue weighted by Crippen LogP contribution is -2.35. The molecule has 0 spiro atoms. The molecular weight excluding hydrogens is 441 g/mol. The molecule has 0 atom stereocenters. The van der Waals surface area contributed by atoms with Crippen LogP contribution in [-0.2, 0) is 4.79 Å². The Morgan fingerprint density at radius 2 is 1.64 bits per heavy atom. The van der Waals surface area contributed by atoms with Gasteiger partial charge in [0, 0.05) is 24.4 Å². The second kappa shape index (κ2) is 9.81. The van der Waals surface area contributed by atoms with Gasteiger partial charge in [0.15, 0.2) is 17.5 Å². The molecule has 3 rings (SSSR count). The molecular formula is C22H17F3N4O4. The Hall–Kier alpha value is -4.41. The van der Waals surface area contributed by atoms with Gasteiger partial charge in [-0.25, -0.2) is 13.2 Å². The molecule has 11 heteroatoms. The molecule has 0 bridgehead atoms.